The van der Waals surface area contributed by atoms with Gasteiger partial charge in [0.2, 0.25) is 0 Å². The molecule has 0 aliphatic heterocycles. The van der Waals surface area contributed by atoms with E-state index in [0.29, 0.717) is 16.7 Å². The van der Waals surface area contributed by atoms with Crippen LogP contribution in [0, 0.1) is 41.5 Å². The van der Waals surface area contributed by atoms with Gasteiger partial charge in [0.1, 0.15) is 18.9 Å². The lowest BCUT2D eigenvalue weighted by Gasteiger charge is -2.36. The van der Waals surface area contributed by atoms with Gasteiger partial charge in [0.15, 0.2) is 8.07 Å². The quantitative estimate of drug-likeness (QED) is 0.185. The van der Waals surface area contributed by atoms with Crippen molar-refractivity contribution in [3.8, 4) is 0 Å². The zero-order valence-electron chi connectivity index (χ0n) is 25.1. The molecule has 3 nitrogen and oxygen atoms in total. The summed E-state index contributed by atoms with van der Waals surface area (Å²) in [4.78, 5) is 38.6. The van der Waals surface area contributed by atoms with Crippen LogP contribution >= 0.6 is 0 Å². The van der Waals surface area contributed by atoms with Gasteiger partial charge in [0.25, 0.3) is 0 Å². The van der Waals surface area contributed by atoms with Crippen LogP contribution in [0.5, 0.6) is 0 Å². The Bertz CT molecular complexity index is 1320. The predicted molar refractivity (Wildman–Crippen MR) is 167 cm³/mol. The number of hydrogen-bond donors (Lipinski definition) is 0. The molecule has 0 spiro atoms. The van der Waals surface area contributed by atoms with Gasteiger partial charge < -0.3 is 0 Å². The largest absolute Gasteiger partial charge is 0.298 e. The Morgan fingerprint density at radius 3 is 1.00 bits per heavy atom. The smallest absolute Gasteiger partial charge is 0.174 e. The molecule has 0 saturated heterocycles. The second-order valence-corrected chi connectivity index (χ2v) is 14.3. The first kappa shape index (κ1) is 30.2. The van der Waals surface area contributed by atoms with Gasteiger partial charge in [-0.05, 0) is 126 Å². The standard InChI is InChI=1S/C35H42O3Si/c1-11-27-21(5)15-33(30(18-36)24(27)8)39(14-4,34-16-22(6)28(12-2)25(9)31(34)19-37)35-17-23(7)29(13-3)26(10)32(35)20-38/h14-20H,4,11-13H2,1-3,5-10H3. The highest BCUT2D eigenvalue weighted by atomic mass is 28.3. The van der Waals surface area contributed by atoms with E-state index < -0.39 is 8.07 Å². The fourth-order valence-electron chi connectivity index (χ4n) is 6.96. The first-order valence-corrected chi connectivity index (χ1v) is 16.0. The van der Waals surface area contributed by atoms with Crippen LogP contribution in [0.4, 0.5) is 0 Å². The van der Waals surface area contributed by atoms with Crippen LogP contribution in [0.2, 0.25) is 0 Å². The third-order valence-electron chi connectivity index (χ3n) is 8.95. The molecule has 0 unspecified atom stereocenters. The SMILES string of the molecule is C=C[Si](c1cc(C)c(CC)c(C)c1C=O)(c1cc(C)c(CC)c(C)c1C=O)c1cc(C)c(CC)c(C)c1C=O. The van der Waals surface area contributed by atoms with Crippen molar-refractivity contribution in [2.75, 3.05) is 0 Å². The summed E-state index contributed by atoms with van der Waals surface area (Å²) in [5, 5.41) is 2.66. The maximum Gasteiger partial charge on any atom is 0.174 e. The first-order chi connectivity index (χ1) is 18.5. The lowest BCUT2D eigenvalue weighted by molar-refractivity contribution is 0.111. The number of aryl methyl sites for hydroxylation is 3. The molecule has 0 amide bonds. The van der Waals surface area contributed by atoms with E-state index in [4.69, 9.17) is 0 Å². The lowest BCUT2D eigenvalue weighted by Crippen LogP contribution is -2.69. The number of hydrogen-bond acceptors (Lipinski definition) is 3. The monoisotopic (exact) mass is 538 g/mol. The van der Waals surface area contributed by atoms with E-state index >= 15 is 0 Å². The van der Waals surface area contributed by atoms with Crippen LogP contribution in [0.15, 0.2) is 30.5 Å². The molecular weight excluding hydrogens is 496 g/mol. The molecule has 0 bridgehead atoms. The fourth-order valence-corrected chi connectivity index (χ4v) is 11.8. The van der Waals surface area contributed by atoms with E-state index in [9.17, 15) is 14.4 Å². The molecule has 0 aliphatic rings. The zero-order chi connectivity index (χ0) is 29.2. The highest BCUT2D eigenvalue weighted by molar-refractivity contribution is 7.16. The van der Waals surface area contributed by atoms with E-state index in [1.165, 1.54) is 0 Å². The van der Waals surface area contributed by atoms with Crippen molar-refractivity contribution in [3.63, 3.8) is 0 Å². The highest BCUT2D eigenvalue weighted by Crippen LogP contribution is 2.27. The van der Waals surface area contributed by atoms with Crippen molar-refractivity contribution in [3.05, 3.63) is 97.2 Å². The van der Waals surface area contributed by atoms with Crippen LogP contribution in [0.3, 0.4) is 0 Å². The van der Waals surface area contributed by atoms with Crippen LogP contribution in [0.25, 0.3) is 0 Å². The summed E-state index contributed by atoms with van der Waals surface area (Å²) in [6, 6.07) is 6.39. The number of carbonyl (C=O) groups is 3. The summed E-state index contributed by atoms with van der Waals surface area (Å²) in [5.41, 5.74) is 13.5. The maximum absolute atomic E-state index is 12.9. The van der Waals surface area contributed by atoms with Crippen LogP contribution in [0.1, 0.15) is 102 Å². The molecule has 0 atom stereocenters. The van der Waals surface area contributed by atoms with E-state index in [2.05, 4.69) is 66.3 Å². The second-order valence-electron chi connectivity index (χ2n) is 10.7. The van der Waals surface area contributed by atoms with E-state index in [-0.39, 0.29) is 0 Å². The fraction of sp³-hybridized carbons (Fsp3) is 0.343. The van der Waals surface area contributed by atoms with Crippen LogP contribution < -0.4 is 15.6 Å². The molecule has 3 rings (SSSR count). The van der Waals surface area contributed by atoms with Crippen molar-refractivity contribution in [2.24, 2.45) is 0 Å². The van der Waals surface area contributed by atoms with Gasteiger partial charge >= 0.3 is 0 Å². The molecule has 0 fully saturated rings. The topological polar surface area (TPSA) is 51.2 Å². The Hall–Kier alpha value is -3.37. The Balaban J connectivity index is 2.79. The Labute approximate surface area is 235 Å². The van der Waals surface area contributed by atoms with E-state index in [1.807, 2.05) is 26.5 Å². The molecule has 0 radical (unpaired) electrons. The minimum atomic E-state index is -3.32. The van der Waals surface area contributed by atoms with Crippen molar-refractivity contribution in [2.45, 2.75) is 81.6 Å². The Kier molecular flexibility index (Phi) is 9.12. The molecule has 0 N–H and O–H groups in total. The molecule has 4 heteroatoms. The third-order valence-corrected chi connectivity index (χ3v) is 13.3. The summed E-state index contributed by atoms with van der Waals surface area (Å²) in [5.74, 6) is 0. The van der Waals surface area contributed by atoms with Crippen LogP contribution in [-0.2, 0) is 19.3 Å². The van der Waals surface area contributed by atoms with Crippen molar-refractivity contribution < 1.29 is 14.4 Å². The van der Waals surface area contributed by atoms with Gasteiger partial charge in [-0.25, -0.2) is 0 Å². The highest BCUT2D eigenvalue weighted by Gasteiger charge is 2.43. The lowest BCUT2D eigenvalue weighted by atomic mass is 9.95. The number of benzene rings is 3. The summed E-state index contributed by atoms with van der Waals surface area (Å²) in [6.07, 6.45) is 5.30. The summed E-state index contributed by atoms with van der Waals surface area (Å²) >= 11 is 0. The average molecular weight is 539 g/mol. The molecule has 39 heavy (non-hydrogen) atoms. The minimum absolute atomic E-state index is 0.641. The van der Waals surface area contributed by atoms with Gasteiger partial charge in [0.05, 0.1) is 0 Å². The second kappa shape index (κ2) is 11.8. The minimum Gasteiger partial charge on any atom is -0.298 e. The van der Waals surface area contributed by atoms with Crippen molar-refractivity contribution in [1.82, 2.24) is 0 Å². The number of rotatable bonds is 10. The van der Waals surface area contributed by atoms with Crippen molar-refractivity contribution in [1.29, 1.82) is 0 Å². The molecule has 204 valence electrons. The molecule has 0 heterocycles. The number of carbonyl (C=O) groups excluding carboxylic acids is 3. The molecule has 0 aliphatic carbocycles. The van der Waals surface area contributed by atoms with Crippen LogP contribution in [-0.4, -0.2) is 26.9 Å². The summed E-state index contributed by atoms with van der Waals surface area (Å²) < 4.78 is 0. The van der Waals surface area contributed by atoms with Gasteiger partial charge in [-0.2, -0.15) is 0 Å². The van der Waals surface area contributed by atoms with E-state index in [1.54, 1.807) is 0 Å². The molecular formula is C35H42O3Si. The summed E-state index contributed by atoms with van der Waals surface area (Å²) in [6.45, 7) is 23.0. The molecule has 3 aromatic rings. The van der Waals surface area contributed by atoms with Gasteiger partial charge in [-0.3, -0.25) is 14.4 Å². The molecule has 3 aromatic carbocycles. The predicted octanol–water partition coefficient (Wildman–Crippen LogP) is 5.86. The Morgan fingerprint density at radius 2 is 0.821 bits per heavy atom. The number of aldehydes is 3. The first-order valence-electron chi connectivity index (χ1n) is 13.9. The van der Waals surface area contributed by atoms with Gasteiger partial charge in [0, 0.05) is 16.7 Å². The Morgan fingerprint density at radius 1 is 0.564 bits per heavy atom. The zero-order valence-corrected chi connectivity index (χ0v) is 26.1. The normalized spacial score (nSPS) is 11.4. The molecule has 0 aromatic heterocycles. The maximum atomic E-state index is 12.9. The van der Waals surface area contributed by atoms with Crippen molar-refractivity contribution >= 4 is 42.5 Å². The molecule has 0 saturated carbocycles. The summed E-state index contributed by atoms with van der Waals surface area (Å²) in [7, 11) is -3.32. The van der Waals surface area contributed by atoms with Gasteiger partial charge in [-0.15, -0.1) is 6.58 Å². The van der Waals surface area contributed by atoms with E-state index in [0.717, 1.165) is 104 Å². The third kappa shape index (κ3) is 4.59. The van der Waals surface area contributed by atoms with Gasteiger partial charge in [-0.1, -0.05) is 44.7 Å². The average Bonchev–Trinajstić information content (AvgIpc) is 2.90.